The number of benzene rings is 1. The molecule has 78 valence electrons. The molecule has 0 fully saturated rings. The summed E-state index contributed by atoms with van der Waals surface area (Å²) in [5.41, 5.74) is 6.64. The highest BCUT2D eigenvalue weighted by Gasteiger charge is 2.12. The second kappa shape index (κ2) is 4.41. The third-order valence-corrected chi connectivity index (χ3v) is 2.96. The first-order chi connectivity index (χ1) is 6.40. The molecule has 0 aliphatic carbocycles. The molecule has 0 spiro atoms. The third kappa shape index (κ3) is 3.39. The van der Waals surface area contributed by atoms with Gasteiger partial charge >= 0.3 is 0 Å². The summed E-state index contributed by atoms with van der Waals surface area (Å²) >= 11 is 3.23. The van der Waals surface area contributed by atoms with E-state index in [2.05, 4.69) is 15.9 Å². The van der Waals surface area contributed by atoms with E-state index >= 15 is 0 Å². The molecule has 1 aromatic rings. The molecule has 0 atom stereocenters. The third-order valence-electron chi connectivity index (χ3n) is 2.07. The van der Waals surface area contributed by atoms with Crippen molar-refractivity contribution in [3.63, 3.8) is 0 Å². The fraction of sp³-hybridized carbons (Fsp3) is 0.455. The summed E-state index contributed by atoms with van der Waals surface area (Å²) in [5.74, 6) is -0.211. The van der Waals surface area contributed by atoms with Crippen LogP contribution < -0.4 is 5.73 Å². The molecule has 1 aromatic carbocycles. The minimum atomic E-state index is -0.211. The molecule has 2 N–H and O–H groups in total. The van der Waals surface area contributed by atoms with Crippen molar-refractivity contribution in [2.24, 2.45) is 5.73 Å². The van der Waals surface area contributed by atoms with Crippen molar-refractivity contribution in [2.75, 3.05) is 0 Å². The van der Waals surface area contributed by atoms with Crippen molar-refractivity contribution in [3.8, 4) is 0 Å². The first-order valence-electron chi connectivity index (χ1n) is 4.62. The van der Waals surface area contributed by atoms with Gasteiger partial charge in [0, 0.05) is 5.54 Å². The molecular formula is C11H15BrFN. The molecule has 0 radical (unpaired) electrons. The van der Waals surface area contributed by atoms with Crippen molar-refractivity contribution in [3.05, 3.63) is 34.1 Å². The summed E-state index contributed by atoms with van der Waals surface area (Å²) in [6.45, 7) is 3.94. The Morgan fingerprint density at radius 3 is 2.64 bits per heavy atom. The second-order valence-corrected chi connectivity index (χ2v) is 4.99. The summed E-state index contributed by atoms with van der Waals surface area (Å²) in [6.07, 6.45) is 1.64. The van der Waals surface area contributed by atoms with Crippen molar-refractivity contribution >= 4 is 15.9 Å². The number of hydrogen-bond donors (Lipinski definition) is 1. The molecule has 0 amide bonds. The molecule has 3 heteroatoms. The van der Waals surface area contributed by atoms with E-state index in [0.717, 1.165) is 18.4 Å². The predicted molar refractivity (Wildman–Crippen MR) is 60.7 cm³/mol. The summed E-state index contributed by atoms with van der Waals surface area (Å²) < 4.78 is 13.7. The Balaban J connectivity index is 2.73. The molecule has 14 heavy (non-hydrogen) atoms. The van der Waals surface area contributed by atoms with Gasteiger partial charge in [-0.2, -0.15) is 0 Å². The molecule has 1 nitrogen and oxygen atoms in total. The Morgan fingerprint density at radius 2 is 2.07 bits per heavy atom. The Kier molecular flexibility index (Phi) is 3.67. The molecule has 0 aromatic heterocycles. The number of nitrogens with two attached hydrogens (primary N) is 1. The van der Waals surface area contributed by atoms with Gasteiger partial charge in [-0.1, -0.05) is 12.1 Å². The highest BCUT2D eigenvalue weighted by molar-refractivity contribution is 9.10. The molecule has 1 rings (SSSR count). The Bertz CT molecular complexity index is 318. The van der Waals surface area contributed by atoms with E-state index in [-0.39, 0.29) is 11.4 Å². The number of rotatable bonds is 3. The van der Waals surface area contributed by atoms with Gasteiger partial charge in [-0.05, 0) is 54.2 Å². The minimum absolute atomic E-state index is 0.203. The van der Waals surface area contributed by atoms with Crippen LogP contribution in [-0.4, -0.2) is 5.54 Å². The second-order valence-electron chi connectivity index (χ2n) is 4.20. The lowest BCUT2D eigenvalue weighted by Crippen LogP contribution is -2.32. The fourth-order valence-corrected chi connectivity index (χ4v) is 1.66. The zero-order valence-corrected chi connectivity index (χ0v) is 10.1. The van der Waals surface area contributed by atoms with Gasteiger partial charge in [-0.25, -0.2) is 4.39 Å². The Morgan fingerprint density at radius 1 is 1.43 bits per heavy atom. The van der Waals surface area contributed by atoms with Gasteiger partial charge in [0.1, 0.15) is 5.82 Å². The Hall–Kier alpha value is -0.410. The van der Waals surface area contributed by atoms with E-state index in [0.29, 0.717) is 4.47 Å². The van der Waals surface area contributed by atoms with Gasteiger partial charge in [0.15, 0.2) is 0 Å². The van der Waals surface area contributed by atoms with Gasteiger partial charge in [0.25, 0.3) is 0 Å². The summed E-state index contributed by atoms with van der Waals surface area (Å²) in [4.78, 5) is 0. The van der Waals surface area contributed by atoms with Gasteiger partial charge in [-0.3, -0.25) is 0 Å². The number of hydrogen-bond acceptors (Lipinski definition) is 1. The van der Waals surface area contributed by atoms with Crippen LogP contribution in [0.4, 0.5) is 4.39 Å². The van der Waals surface area contributed by atoms with Crippen LogP contribution in [0.3, 0.4) is 0 Å². The van der Waals surface area contributed by atoms with Crippen LogP contribution in [0.2, 0.25) is 0 Å². The van der Waals surface area contributed by atoms with Crippen molar-refractivity contribution in [1.82, 2.24) is 0 Å². The fourth-order valence-electron chi connectivity index (χ4n) is 1.20. The van der Waals surface area contributed by atoms with Crippen LogP contribution in [-0.2, 0) is 6.42 Å². The molecule has 0 aliphatic rings. The van der Waals surface area contributed by atoms with E-state index in [1.807, 2.05) is 19.9 Å². The molecule has 0 saturated carbocycles. The topological polar surface area (TPSA) is 26.0 Å². The van der Waals surface area contributed by atoms with Gasteiger partial charge in [-0.15, -0.1) is 0 Å². The van der Waals surface area contributed by atoms with E-state index in [4.69, 9.17) is 5.73 Å². The Labute approximate surface area is 92.6 Å². The molecule has 0 aliphatic heterocycles. The van der Waals surface area contributed by atoms with Crippen molar-refractivity contribution < 1.29 is 4.39 Å². The summed E-state index contributed by atoms with van der Waals surface area (Å²) in [7, 11) is 0. The van der Waals surface area contributed by atoms with E-state index in [9.17, 15) is 4.39 Å². The van der Waals surface area contributed by atoms with Gasteiger partial charge in [0.05, 0.1) is 4.47 Å². The van der Waals surface area contributed by atoms with E-state index in [1.54, 1.807) is 6.07 Å². The molecular weight excluding hydrogens is 245 g/mol. The van der Waals surface area contributed by atoms with Crippen LogP contribution in [0.1, 0.15) is 25.8 Å². The lowest BCUT2D eigenvalue weighted by molar-refractivity contribution is 0.475. The zero-order chi connectivity index (χ0) is 10.8. The summed E-state index contributed by atoms with van der Waals surface area (Å²) in [6, 6.07) is 5.08. The maximum Gasteiger partial charge on any atom is 0.137 e. The van der Waals surface area contributed by atoms with E-state index in [1.165, 1.54) is 6.07 Å². The maximum atomic E-state index is 13.1. The van der Waals surface area contributed by atoms with E-state index < -0.39 is 0 Å². The first-order valence-corrected chi connectivity index (χ1v) is 5.41. The van der Waals surface area contributed by atoms with Crippen LogP contribution in [0.5, 0.6) is 0 Å². The van der Waals surface area contributed by atoms with Crippen LogP contribution in [0.15, 0.2) is 22.7 Å². The highest BCUT2D eigenvalue weighted by atomic mass is 79.9. The van der Waals surface area contributed by atoms with Crippen LogP contribution in [0, 0.1) is 5.82 Å². The maximum absolute atomic E-state index is 13.1. The lowest BCUT2D eigenvalue weighted by atomic mass is 9.96. The molecule has 0 unspecified atom stereocenters. The molecule has 0 saturated heterocycles. The summed E-state index contributed by atoms with van der Waals surface area (Å²) in [5, 5.41) is 0. The van der Waals surface area contributed by atoms with Gasteiger partial charge < -0.3 is 5.73 Å². The average molecular weight is 260 g/mol. The highest BCUT2D eigenvalue weighted by Crippen LogP contribution is 2.22. The predicted octanol–water partition coefficient (Wildman–Crippen LogP) is 3.26. The normalized spacial score (nSPS) is 11.8. The molecule has 0 bridgehead atoms. The standard InChI is InChI=1S/C11H15BrFN/c1-11(2,14)7-6-8-4-3-5-9(13)10(8)12/h3-5H,6-7,14H2,1-2H3. The van der Waals surface area contributed by atoms with Crippen molar-refractivity contribution in [1.29, 1.82) is 0 Å². The van der Waals surface area contributed by atoms with Crippen molar-refractivity contribution in [2.45, 2.75) is 32.2 Å². The van der Waals surface area contributed by atoms with Gasteiger partial charge in [0.2, 0.25) is 0 Å². The van der Waals surface area contributed by atoms with Crippen LogP contribution >= 0.6 is 15.9 Å². The monoisotopic (exact) mass is 259 g/mol. The molecule has 0 heterocycles. The quantitative estimate of drug-likeness (QED) is 0.886. The smallest absolute Gasteiger partial charge is 0.137 e. The average Bonchev–Trinajstić information content (AvgIpc) is 2.06. The number of halogens is 2. The first kappa shape index (κ1) is 11.7. The van der Waals surface area contributed by atoms with Crippen LogP contribution in [0.25, 0.3) is 0 Å². The largest absolute Gasteiger partial charge is 0.326 e. The minimum Gasteiger partial charge on any atom is -0.326 e. The lowest BCUT2D eigenvalue weighted by Gasteiger charge is -2.18. The SMILES string of the molecule is CC(C)(N)CCc1cccc(F)c1Br. The zero-order valence-electron chi connectivity index (χ0n) is 8.48. The number of aryl methyl sites for hydroxylation is 1.